The molecule has 0 aromatic heterocycles. The Morgan fingerprint density at radius 1 is 1.37 bits per heavy atom. The zero-order chi connectivity index (χ0) is 14.0. The average Bonchev–Trinajstić information content (AvgIpc) is 2.37. The molecule has 1 saturated heterocycles. The minimum Gasteiger partial charge on any atom is -0.360 e. The summed E-state index contributed by atoms with van der Waals surface area (Å²) in [4.78, 5) is 14.3. The molecule has 4 nitrogen and oxygen atoms in total. The lowest BCUT2D eigenvalue weighted by atomic mass is 9.98. The lowest BCUT2D eigenvalue weighted by Gasteiger charge is -2.30. The topological polar surface area (TPSA) is 53.3 Å². The summed E-state index contributed by atoms with van der Waals surface area (Å²) in [6, 6.07) is 6.10. The monoisotopic (exact) mass is 258 g/mol. The SMILES string of the molecule is Cc1cc(C)c(C(=O)N2CCOC(C#N)C2)c(C)c1. The van der Waals surface area contributed by atoms with Crippen LogP contribution in [0.4, 0.5) is 0 Å². The lowest BCUT2D eigenvalue weighted by Crippen LogP contribution is -2.45. The number of nitriles is 1. The van der Waals surface area contributed by atoms with E-state index in [1.165, 1.54) is 0 Å². The number of carbonyl (C=O) groups excluding carboxylic acids is 1. The van der Waals surface area contributed by atoms with E-state index in [-0.39, 0.29) is 5.91 Å². The summed E-state index contributed by atoms with van der Waals surface area (Å²) >= 11 is 0. The van der Waals surface area contributed by atoms with Gasteiger partial charge >= 0.3 is 0 Å². The van der Waals surface area contributed by atoms with E-state index in [2.05, 4.69) is 6.07 Å². The largest absolute Gasteiger partial charge is 0.360 e. The maximum atomic E-state index is 12.6. The van der Waals surface area contributed by atoms with E-state index in [0.29, 0.717) is 19.7 Å². The zero-order valence-electron chi connectivity index (χ0n) is 11.6. The zero-order valence-corrected chi connectivity index (χ0v) is 11.6. The third-order valence-corrected chi connectivity index (χ3v) is 3.39. The number of amides is 1. The van der Waals surface area contributed by atoms with Crippen LogP contribution >= 0.6 is 0 Å². The molecule has 0 N–H and O–H groups in total. The van der Waals surface area contributed by atoms with E-state index in [1.54, 1.807) is 4.90 Å². The van der Waals surface area contributed by atoms with Gasteiger partial charge in [-0.3, -0.25) is 4.79 Å². The van der Waals surface area contributed by atoms with Gasteiger partial charge in [0.05, 0.1) is 19.2 Å². The van der Waals surface area contributed by atoms with Crippen molar-refractivity contribution in [2.75, 3.05) is 19.7 Å². The molecule has 1 heterocycles. The van der Waals surface area contributed by atoms with Crippen molar-refractivity contribution in [3.05, 3.63) is 34.4 Å². The number of hydrogen-bond donors (Lipinski definition) is 0. The number of nitrogens with zero attached hydrogens (tertiary/aromatic N) is 2. The number of hydrogen-bond acceptors (Lipinski definition) is 3. The summed E-state index contributed by atoms with van der Waals surface area (Å²) < 4.78 is 5.27. The van der Waals surface area contributed by atoms with Crippen LogP contribution in [-0.2, 0) is 4.74 Å². The highest BCUT2D eigenvalue weighted by atomic mass is 16.5. The third-order valence-electron chi connectivity index (χ3n) is 3.39. The molecule has 1 atom stereocenters. The Labute approximate surface area is 113 Å². The second-order valence-electron chi connectivity index (χ2n) is 5.01. The van der Waals surface area contributed by atoms with Crippen LogP contribution in [0.1, 0.15) is 27.0 Å². The first-order chi connectivity index (χ1) is 9.02. The first kappa shape index (κ1) is 13.6. The fourth-order valence-electron chi connectivity index (χ4n) is 2.59. The fraction of sp³-hybridized carbons (Fsp3) is 0.467. The minimum absolute atomic E-state index is 0.00134. The second-order valence-corrected chi connectivity index (χ2v) is 5.01. The Hall–Kier alpha value is -1.86. The molecular weight excluding hydrogens is 240 g/mol. The van der Waals surface area contributed by atoms with Crippen molar-refractivity contribution in [1.82, 2.24) is 4.90 Å². The highest BCUT2D eigenvalue weighted by Crippen LogP contribution is 2.19. The van der Waals surface area contributed by atoms with Gasteiger partial charge in [-0.05, 0) is 31.9 Å². The van der Waals surface area contributed by atoms with Crippen LogP contribution in [0.5, 0.6) is 0 Å². The van der Waals surface area contributed by atoms with Gasteiger partial charge in [0.1, 0.15) is 0 Å². The molecule has 0 spiro atoms. The van der Waals surface area contributed by atoms with Crippen molar-refractivity contribution in [3.63, 3.8) is 0 Å². The molecule has 100 valence electrons. The lowest BCUT2D eigenvalue weighted by molar-refractivity contribution is 0.00339. The van der Waals surface area contributed by atoms with Gasteiger partial charge < -0.3 is 9.64 Å². The van der Waals surface area contributed by atoms with E-state index in [1.807, 2.05) is 32.9 Å². The number of benzene rings is 1. The first-order valence-corrected chi connectivity index (χ1v) is 6.41. The van der Waals surface area contributed by atoms with Crippen LogP contribution in [0.15, 0.2) is 12.1 Å². The number of aryl methyl sites for hydroxylation is 3. The maximum Gasteiger partial charge on any atom is 0.254 e. The summed E-state index contributed by atoms with van der Waals surface area (Å²) in [7, 11) is 0. The summed E-state index contributed by atoms with van der Waals surface area (Å²) in [6.07, 6.45) is -0.510. The number of morpholine rings is 1. The Balaban J connectivity index is 2.27. The van der Waals surface area contributed by atoms with Gasteiger partial charge in [0.25, 0.3) is 5.91 Å². The molecule has 0 bridgehead atoms. The predicted octanol–water partition coefficient (Wildman–Crippen LogP) is 1.98. The van der Waals surface area contributed by atoms with Gasteiger partial charge in [-0.1, -0.05) is 17.7 Å². The molecule has 1 amide bonds. The maximum absolute atomic E-state index is 12.6. The summed E-state index contributed by atoms with van der Waals surface area (Å²) in [5, 5.41) is 8.89. The number of carbonyl (C=O) groups is 1. The van der Waals surface area contributed by atoms with Gasteiger partial charge in [-0.2, -0.15) is 5.26 Å². The van der Waals surface area contributed by atoms with E-state index >= 15 is 0 Å². The van der Waals surface area contributed by atoms with Crippen LogP contribution in [-0.4, -0.2) is 36.6 Å². The number of rotatable bonds is 1. The van der Waals surface area contributed by atoms with E-state index < -0.39 is 6.10 Å². The van der Waals surface area contributed by atoms with Crippen molar-refractivity contribution in [3.8, 4) is 6.07 Å². The molecule has 4 heteroatoms. The van der Waals surface area contributed by atoms with Crippen molar-refractivity contribution in [2.45, 2.75) is 26.9 Å². The molecule has 1 fully saturated rings. The van der Waals surface area contributed by atoms with Crippen LogP contribution in [0.2, 0.25) is 0 Å². The average molecular weight is 258 g/mol. The van der Waals surface area contributed by atoms with Crippen LogP contribution in [0.25, 0.3) is 0 Å². The van der Waals surface area contributed by atoms with Crippen LogP contribution in [0.3, 0.4) is 0 Å². The van der Waals surface area contributed by atoms with Crippen molar-refractivity contribution in [1.29, 1.82) is 5.26 Å². The minimum atomic E-state index is -0.510. The molecule has 1 aromatic rings. The summed E-state index contributed by atoms with van der Waals surface area (Å²) in [5.41, 5.74) is 3.89. The summed E-state index contributed by atoms with van der Waals surface area (Å²) in [5.74, 6) is -0.00134. The molecule has 1 unspecified atom stereocenters. The molecular formula is C15H18N2O2. The first-order valence-electron chi connectivity index (χ1n) is 6.41. The van der Waals surface area contributed by atoms with Gasteiger partial charge in [-0.15, -0.1) is 0 Å². The Kier molecular flexibility index (Phi) is 3.87. The normalized spacial score (nSPS) is 19.1. The Bertz CT molecular complexity index is 523. The van der Waals surface area contributed by atoms with Crippen LogP contribution < -0.4 is 0 Å². The highest BCUT2D eigenvalue weighted by molar-refractivity contribution is 5.97. The van der Waals surface area contributed by atoms with Crippen molar-refractivity contribution >= 4 is 5.91 Å². The van der Waals surface area contributed by atoms with Gasteiger partial charge in [-0.25, -0.2) is 0 Å². The molecule has 1 aliphatic heterocycles. The van der Waals surface area contributed by atoms with Crippen molar-refractivity contribution in [2.24, 2.45) is 0 Å². The molecule has 1 aliphatic rings. The van der Waals surface area contributed by atoms with Gasteiger partial charge in [0.2, 0.25) is 0 Å². The molecule has 0 aliphatic carbocycles. The van der Waals surface area contributed by atoms with Gasteiger partial charge in [0, 0.05) is 12.1 Å². The Morgan fingerprint density at radius 3 is 2.58 bits per heavy atom. The van der Waals surface area contributed by atoms with E-state index in [9.17, 15) is 4.79 Å². The van der Waals surface area contributed by atoms with E-state index in [0.717, 1.165) is 22.3 Å². The van der Waals surface area contributed by atoms with Gasteiger partial charge in [0.15, 0.2) is 6.10 Å². The smallest absolute Gasteiger partial charge is 0.254 e. The Morgan fingerprint density at radius 2 is 2.00 bits per heavy atom. The molecule has 0 saturated carbocycles. The third kappa shape index (κ3) is 2.77. The molecule has 0 radical (unpaired) electrons. The molecule has 19 heavy (non-hydrogen) atoms. The summed E-state index contributed by atoms with van der Waals surface area (Å²) in [6.45, 7) is 7.25. The highest BCUT2D eigenvalue weighted by Gasteiger charge is 2.26. The number of ether oxygens (including phenoxy) is 1. The van der Waals surface area contributed by atoms with E-state index in [4.69, 9.17) is 10.00 Å². The quantitative estimate of drug-likeness (QED) is 0.774. The van der Waals surface area contributed by atoms with Crippen LogP contribution in [0, 0.1) is 32.1 Å². The fourth-order valence-corrected chi connectivity index (χ4v) is 2.59. The standard InChI is InChI=1S/C15H18N2O2/c1-10-6-11(2)14(12(3)7-10)15(18)17-4-5-19-13(8-16)9-17/h6-7,13H,4-5,9H2,1-3H3. The molecule has 2 rings (SSSR count). The molecule has 1 aromatic carbocycles. The second kappa shape index (κ2) is 5.41. The predicted molar refractivity (Wildman–Crippen MR) is 71.9 cm³/mol. The van der Waals surface area contributed by atoms with Crippen molar-refractivity contribution < 1.29 is 9.53 Å².